The molecule has 0 saturated carbocycles. The highest BCUT2D eigenvalue weighted by Crippen LogP contribution is 2.22. The molecule has 0 bridgehead atoms. The smallest absolute Gasteiger partial charge is 0.315 e. The topological polar surface area (TPSA) is 127 Å². The van der Waals surface area contributed by atoms with Crippen LogP contribution in [0.1, 0.15) is 25.3 Å². The van der Waals surface area contributed by atoms with Gasteiger partial charge in [-0.1, -0.05) is 17.3 Å². The van der Waals surface area contributed by atoms with Gasteiger partial charge in [0, 0.05) is 12.1 Å². The zero-order valence-corrected chi connectivity index (χ0v) is 13.3. The lowest BCUT2D eigenvalue weighted by molar-refractivity contribution is -0.136. The summed E-state index contributed by atoms with van der Waals surface area (Å²) in [5, 5.41) is 17.4. The molecule has 0 radical (unpaired) electrons. The Morgan fingerprint density at radius 3 is 2.92 bits per heavy atom. The fourth-order valence-corrected chi connectivity index (χ4v) is 1.88. The Kier molecular flexibility index (Phi) is 5.72. The molecule has 0 aliphatic rings. The van der Waals surface area contributed by atoms with Gasteiger partial charge in [-0.05, 0) is 19.1 Å². The maximum atomic E-state index is 11.6. The first kappa shape index (κ1) is 17.3. The van der Waals surface area contributed by atoms with Crippen LogP contribution < -0.4 is 15.4 Å². The minimum absolute atomic E-state index is 0.0345. The van der Waals surface area contributed by atoms with E-state index in [-0.39, 0.29) is 18.9 Å². The van der Waals surface area contributed by atoms with Crippen molar-refractivity contribution in [1.29, 1.82) is 0 Å². The summed E-state index contributed by atoms with van der Waals surface area (Å²) in [6.45, 7) is 1.71. The maximum absolute atomic E-state index is 11.6. The SMILES string of the molecule is COc1cccc(-c2noc(C(C)NC(=O)NCCC(=O)O)n2)c1. The normalized spacial score (nSPS) is 11.6. The van der Waals surface area contributed by atoms with E-state index in [1.54, 1.807) is 26.2 Å². The monoisotopic (exact) mass is 334 g/mol. The zero-order valence-electron chi connectivity index (χ0n) is 13.3. The molecule has 2 aromatic rings. The fraction of sp³-hybridized carbons (Fsp3) is 0.333. The Balaban J connectivity index is 1.96. The third-order valence-electron chi connectivity index (χ3n) is 3.11. The highest BCUT2D eigenvalue weighted by molar-refractivity contribution is 5.75. The molecule has 1 heterocycles. The average Bonchev–Trinajstić information content (AvgIpc) is 3.04. The summed E-state index contributed by atoms with van der Waals surface area (Å²) in [6, 6.07) is 6.16. The van der Waals surface area contributed by atoms with Gasteiger partial charge in [0.2, 0.25) is 11.7 Å². The number of aromatic nitrogens is 2. The molecule has 9 heteroatoms. The van der Waals surface area contributed by atoms with Gasteiger partial charge in [0.25, 0.3) is 0 Å². The molecule has 0 fully saturated rings. The van der Waals surface area contributed by atoms with Gasteiger partial charge in [-0.25, -0.2) is 4.79 Å². The molecule has 1 unspecified atom stereocenters. The number of carboxylic acids is 1. The lowest BCUT2D eigenvalue weighted by Crippen LogP contribution is -2.38. The van der Waals surface area contributed by atoms with Crippen molar-refractivity contribution in [3.8, 4) is 17.1 Å². The number of carbonyl (C=O) groups excluding carboxylic acids is 1. The Hall–Kier alpha value is -3.10. The predicted octanol–water partition coefficient (Wildman–Crippen LogP) is 1.58. The van der Waals surface area contributed by atoms with Crippen LogP contribution in [0.2, 0.25) is 0 Å². The number of aliphatic carboxylic acids is 1. The highest BCUT2D eigenvalue weighted by Gasteiger charge is 2.17. The van der Waals surface area contributed by atoms with Gasteiger partial charge < -0.3 is 25.0 Å². The van der Waals surface area contributed by atoms with Gasteiger partial charge in [-0.15, -0.1) is 0 Å². The second kappa shape index (κ2) is 7.95. The van der Waals surface area contributed by atoms with E-state index in [0.717, 1.165) is 5.56 Å². The molecule has 0 saturated heterocycles. The standard InChI is InChI=1S/C15H18N4O5/c1-9(17-15(22)16-7-6-12(20)21)14-18-13(19-24-14)10-4-3-5-11(8-10)23-2/h3-5,8-9H,6-7H2,1-2H3,(H,20,21)(H2,16,17,22). The summed E-state index contributed by atoms with van der Waals surface area (Å²) < 4.78 is 10.3. The Morgan fingerprint density at radius 2 is 2.21 bits per heavy atom. The number of carboxylic acid groups (broad SMARTS) is 1. The van der Waals surface area contributed by atoms with E-state index in [1.807, 2.05) is 12.1 Å². The Morgan fingerprint density at radius 1 is 1.42 bits per heavy atom. The van der Waals surface area contributed by atoms with Crippen LogP contribution in [-0.2, 0) is 4.79 Å². The largest absolute Gasteiger partial charge is 0.497 e. The second-order valence-electron chi connectivity index (χ2n) is 4.95. The summed E-state index contributed by atoms with van der Waals surface area (Å²) >= 11 is 0. The first-order valence-electron chi connectivity index (χ1n) is 7.23. The quantitative estimate of drug-likeness (QED) is 0.701. The van der Waals surface area contributed by atoms with E-state index in [4.69, 9.17) is 14.4 Å². The number of methoxy groups -OCH3 is 1. The molecule has 0 aliphatic heterocycles. The zero-order chi connectivity index (χ0) is 17.5. The third-order valence-corrected chi connectivity index (χ3v) is 3.11. The number of carbonyl (C=O) groups is 2. The van der Waals surface area contributed by atoms with Gasteiger partial charge in [0.1, 0.15) is 11.8 Å². The molecule has 0 spiro atoms. The van der Waals surface area contributed by atoms with Crippen LogP contribution >= 0.6 is 0 Å². The van der Waals surface area contributed by atoms with E-state index in [1.165, 1.54) is 0 Å². The van der Waals surface area contributed by atoms with Gasteiger partial charge in [0.05, 0.1) is 13.5 Å². The van der Waals surface area contributed by atoms with Crippen molar-refractivity contribution in [2.45, 2.75) is 19.4 Å². The van der Waals surface area contributed by atoms with E-state index >= 15 is 0 Å². The predicted molar refractivity (Wildman–Crippen MR) is 83.5 cm³/mol. The summed E-state index contributed by atoms with van der Waals surface area (Å²) in [6.07, 6.45) is -0.150. The van der Waals surface area contributed by atoms with E-state index in [9.17, 15) is 9.59 Å². The molecule has 0 aliphatic carbocycles. The average molecular weight is 334 g/mol. The summed E-state index contributed by atoms with van der Waals surface area (Å²) in [5.74, 6) is 0.302. The van der Waals surface area contributed by atoms with Gasteiger partial charge in [-0.3, -0.25) is 4.79 Å². The maximum Gasteiger partial charge on any atom is 0.315 e. The van der Waals surface area contributed by atoms with Crippen LogP contribution in [0.3, 0.4) is 0 Å². The minimum atomic E-state index is -0.983. The third kappa shape index (κ3) is 4.70. The number of hydrogen-bond acceptors (Lipinski definition) is 6. The van der Waals surface area contributed by atoms with Crippen LogP contribution in [-0.4, -0.2) is 40.9 Å². The molecule has 1 aromatic carbocycles. The van der Waals surface area contributed by atoms with E-state index in [0.29, 0.717) is 11.6 Å². The second-order valence-corrected chi connectivity index (χ2v) is 4.95. The number of urea groups is 1. The number of nitrogens with one attached hydrogen (secondary N) is 2. The summed E-state index contributed by atoms with van der Waals surface area (Å²) in [4.78, 5) is 26.3. The van der Waals surface area contributed by atoms with Crippen molar-refractivity contribution >= 4 is 12.0 Å². The highest BCUT2D eigenvalue weighted by atomic mass is 16.5. The molecule has 24 heavy (non-hydrogen) atoms. The molecule has 9 nitrogen and oxygen atoms in total. The Labute approximate surface area is 138 Å². The fourth-order valence-electron chi connectivity index (χ4n) is 1.88. The minimum Gasteiger partial charge on any atom is -0.497 e. The van der Waals surface area contributed by atoms with E-state index in [2.05, 4.69) is 20.8 Å². The lowest BCUT2D eigenvalue weighted by Gasteiger charge is -2.10. The van der Waals surface area contributed by atoms with Crippen LogP contribution in [0.4, 0.5) is 4.79 Å². The van der Waals surface area contributed by atoms with E-state index < -0.39 is 18.0 Å². The molecule has 1 aromatic heterocycles. The van der Waals surface area contributed by atoms with Gasteiger partial charge in [0.15, 0.2) is 0 Å². The summed E-state index contributed by atoms with van der Waals surface area (Å²) in [5.41, 5.74) is 0.724. The first-order valence-corrected chi connectivity index (χ1v) is 7.23. The van der Waals surface area contributed by atoms with Crippen molar-refractivity contribution < 1.29 is 24.0 Å². The first-order chi connectivity index (χ1) is 11.5. The number of ether oxygens (including phenoxy) is 1. The molecule has 2 amide bonds. The molecule has 2 rings (SSSR count). The summed E-state index contributed by atoms with van der Waals surface area (Å²) in [7, 11) is 1.57. The molecule has 128 valence electrons. The van der Waals surface area contributed by atoms with Crippen molar-refractivity contribution in [2.24, 2.45) is 0 Å². The van der Waals surface area contributed by atoms with Crippen molar-refractivity contribution in [3.05, 3.63) is 30.2 Å². The Bertz CT molecular complexity index is 715. The van der Waals surface area contributed by atoms with Gasteiger partial charge >= 0.3 is 12.0 Å². The number of benzene rings is 1. The molecular weight excluding hydrogens is 316 g/mol. The number of amides is 2. The van der Waals surface area contributed by atoms with Crippen LogP contribution in [0.15, 0.2) is 28.8 Å². The van der Waals surface area contributed by atoms with Crippen molar-refractivity contribution in [3.63, 3.8) is 0 Å². The van der Waals surface area contributed by atoms with Crippen LogP contribution in [0.5, 0.6) is 5.75 Å². The van der Waals surface area contributed by atoms with Crippen molar-refractivity contribution in [2.75, 3.05) is 13.7 Å². The molecular formula is C15H18N4O5. The molecule has 1 atom stereocenters. The molecule has 3 N–H and O–H groups in total. The van der Waals surface area contributed by atoms with Crippen molar-refractivity contribution in [1.82, 2.24) is 20.8 Å². The van der Waals surface area contributed by atoms with Crippen LogP contribution in [0.25, 0.3) is 11.4 Å². The number of rotatable bonds is 7. The lowest BCUT2D eigenvalue weighted by atomic mass is 10.2. The van der Waals surface area contributed by atoms with Crippen LogP contribution in [0, 0.1) is 0 Å². The number of hydrogen-bond donors (Lipinski definition) is 3. The van der Waals surface area contributed by atoms with Gasteiger partial charge in [-0.2, -0.15) is 4.98 Å². The number of nitrogens with zero attached hydrogens (tertiary/aromatic N) is 2.